The first-order valence-electron chi connectivity index (χ1n) is 6.78. The van der Waals surface area contributed by atoms with E-state index >= 15 is 0 Å². The average Bonchev–Trinajstić information content (AvgIpc) is 2.33. The van der Waals surface area contributed by atoms with Gasteiger partial charge in [-0.1, -0.05) is 19.8 Å². The number of carbonyl (C=O) groups is 1. The molecule has 1 aliphatic carbocycles. The number of carbonyl (C=O) groups excluding carboxylic acids is 1. The summed E-state index contributed by atoms with van der Waals surface area (Å²) in [5.74, 6) is 1.16. The number of rotatable bonds is 2. The normalized spacial score (nSPS) is 35.7. The molecular formula is C13H24N2O. The van der Waals surface area contributed by atoms with E-state index in [9.17, 15) is 4.79 Å². The number of nitrogens with one attached hydrogen (secondary N) is 2. The van der Waals surface area contributed by atoms with Crippen molar-refractivity contribution in [2.45, 2.75) is 51.5 Å². The summed E-state index contributed by atoms with van der Waals surface area (Å²) in [5.41, 5.74) is 0. The van der Waals surface area contributed by atoms with Crippen LogP contribution in [-0.2, 0) is 4.79 Å². The minimum Gasteiger partial charge on any atom is -0.353 e. The molecule has 0 bridgehead atoms. The quantitative estimate of drug-likeness (QED) is 0.749. The first-order valence-corrected chi connectivity index (χ1v) is 6.78. The van der Waals surface area contributed by atoms with Crippen LogP contribution in [0, 0.1) is 11.8 Å². The van der Waals surface area contributed by atoms with Crippen LogP contribution in [0.15, 0.2) is 0 Å². The lowest BCUT2D eigenvalue weighted by Crippen LogP contribution is -2.47. The Morgan fingerprint density at radius 1 is 1.19 bits per heavy atom. The summed E-state index contributed by atoms with van der Waals surface area (Å²) in [6, 6.07) is 0.433. The Morgan fingerprint density at radius 2 is 2.00 bits per heavy atom. The smallest absolute Gasteiger partial charge is 0.224 e. The molecule has 92 valence electrons. The van der Waals surface area contributed by atoms with Crippen molar-refractivity contribution in [3.05, 3.63) is 0 Å². The molecule has 1 saturated heterocycles. The predicted octanol–water partition coefficient (Wildman–Crippen LogP) is 1.68. The molecule has 0 radical (unpaired) electrons. The first kappa shape index (κ1) is 11.9. The van der Waals surface area contributed by atoms with Gasteiger partial charge in [-0.15, -0.1) is 0 Å². The van der Waals surface area contributed by atoms with E-state index in [4.69, 9.17) is 0 Å². The van der Waals surface area contributed by atoms with Crippen LogP contribution >= 0.6 is 0 Å². The number of hydrogen-bond acceptors (Lipinski definition) is 2. The van der Waals surface area contributed by atoms with Gasteiger partial charge in [0.05, 0.1) is 5.92 Å². The van der Waals surface area contributed by atoms with Crippen molar-refractivity contribution in [1.82, 2.24) is 10.6 Å². The van der Waals surface area contributed by atoms with E-state index in [1.54, 1.807) is 0 Å². The van der Waals surface area contributed by atoms with Crippen LogP contribution in [0.5, 0.6) is 0 Å². The molecule has 0 spiro atoms. The van der Waals surface area contributed by atoms with E-state index in [2.05, 4.69) is 17.6 Å². The molecule has 1 heterocycles. The van der Waals surface area contributed by atoms with E-state index in [1.165, 1.54) is 25.7 Å². The lowest BCUT2D eigenvalue weighted by molar-refractivity contribution is -0.126. The van der Waals surface area contributed by atoms with Crippen LogP contribution in [0.2, 0.25) is 0 Å². The van der Waals surface area contributed by atoms with Gasteiger partial charge < -0.3 is 10.6 Å². The van der Waals surface area contributed by atoms with Crippen molar-refractivity contribution >= 4 is 5.91 Å². The van der Waals surface area contributed by atoms with E-state index in [0.717, 1.165) is 25.9 Å². The molecule has 3 atom stereocenters. The SMILES string of the molecule is CC1CCCCC1NC(=O)[C@@H]1CCCNC1. The summed E-state index contributed by atoms with van der Waals surface area (Å²) in [4.78, 5) is 12.1. The standard InChI is InChI=1S/C13H24N2O/c1-10-5-2-3-7-12(10)15-13(16)11-6-4-8-14-9-11/h10-12,14H,2-9H2,1H3,(H,15,16)/t10?,11-,12?/m1/s1. The highest BCUT2D eigenvalue weighted by molar-refractivity contribution is 5.79. The molecule has 1 saturated carbocycles. The summed E-state index contributed by atoms with van der Waals surface area (Å²) in [6.45, 7) is 4.21. The minimum atomic E-state index is 0.211. The Hall–Kier alpha value is -0.570. The molecular weight excluding hydrogens is 200 g/mol. The van der Waals surface area contributed by atoms with Crippen LogP contribution in [0.1, 0.15) is 45.4 Å². The Morgan fingerprint density at radius 3 is 2.69 bits per heavy atom. The molecule has 0 aromatic heterocycles. The maximum Gasteiger partial charge on any atom is 0.224 e. The van der Waals surface area contributed by atoms with E-state index in [-0.39, 0.29) is 11.8 Å². The zero-order chi connectivity index (χ0) is 11.4. The van der Waals surface area contributed by atoms with Gasteiger partial charge in [0.1, 0.15) is 0 Å². The van der Waals surface area contributed by atoms with Gasteiger partial charge in [-0.2, -0.15) is 0 Å². The lowest BCUT2D eigenvalue weighted by atomic mass is 9.85. The molecule has 2 aliphatic rings. The molecule has 2 N–H and O–H groups in total. The molecule has 0 aromatic rings. The Labute approximate surface area is 98.4 Å². The van der Waals surface area contributed by atoms with Crippen LogP contribution in [0.3, 0.4) is 0 Å². The van der Waals surface area contributed by atoms with Crippen LogP contribution in [-0.4, -0.2) is 25.0 Å². The van der Waals surface area contributed by atoms with E-state index < -0.39 is 0 Å². The second-order valence-electron chi connectivity index (χ2n) is 5.42. The zero-order valence-electron chi connectivity index (χ0n) is 10.3. The van der Waals surface area contributed by atoms with Crippen molar-refractivity contribution in [3.8, 4) is 0 Å². The zero-order valence-corrected chi connectivity index (χ0v) is 10.3. The number of hydrogen-bond donors (Lipinski definition) is 2. The van der Waals surface area contributed by atoms with Crippen molar-refractivity contribution in [2.75, 3.05) is 13.1 Å². The van der Waals surface area contributed by atoms with Crippen molar-refractivity contribution in [3.63, 3.8) is 0 Å². The molecule has 3 heteroatoms. The van der Waals surface area contributed by atoms with E-state index in [1.807, 2.05) is 0 Å². The predicted molar refractivity (Wildman–Crippen MR) is 65.2 cm³/mol. The summed E-state index contributed by atoms with van der Waals surface area (Å²) in [7, 11) is 0. The largest absolute Gasteiger partial charge is 0.353 e. The molecule has 0 aromatic carbocycles. The Bertz CT molecular complexity index is 236. The molecule has 2 rings (SSSR count). The van der Waals surface area contributed by atoms with Gasteiger partial charge in [0.15, 0.2) is 0 Å². The van der Waals surface area contributed by atoms with Gasteiger partial charge in [-0.05, 0) is 38.1 Å². The summed E-state index contributed by atoms with van der Waals surface area (Å²) >= 11 is 0. The van der Waals surface area contributed by atoms with Crippen molar-refractivity contribution in [2.24, 2.45) is 11.8 Å². The van der Waals surface area contributed by atoms with Gasteiger partial charge in [-0.25, -0.2) is 0 Å². The van der Waals surface area contributed by atoms with Crippen molar-refractivity contribution in [1.29, 1.82) is 0 Å². The maximum absolute atomic E-state index is 12.1. The highest BCUT2D eigenvalue weighted by Crippen LogP contribution is 2.24. The fourth-order valence-corrected chi connectivity index (χ4v) is 2.91. The molecule has 3 nitrogen and oxygen atoms in total. The summed E-state index contributed by atoms with van der Waals surface area (Å²) in [6.07, 6.45) is 7.25. The molecule has 16 heavy (non-hydrogen) atoms. The highest BCUT2D eigenvalue weighted by Gasteiger charge is 2.27. The van der Waals surface area contributed by atoms with Gasteiger partial charge in [0, 0.05) is 12.6 Å². The van der Waals surface area contributed by atoms with Crippen molar-refractivity contribution < 1.29 is 4.79 Å². The molecule has 2 fully saturated rings. The first-order chi connectivity index (χ1) is 7.77. The van der Waals surface area contributed by atoms with Gasteiger partial charge >= 0.3 is 0 Å². The summed E-state index contributed by atoms with van der Waals surface area (Å²) in [5, 5.41) is 6.56. The lowest BCUT2D eigenvalue weighted by Gasteiger charge is -2.31. The van der Waals surface area contributed by atoms with Crippen LogP contribution in [0.4, 0.5) is 0 Å². The third-order valence-electron chi connectivity index (χ3n) is 4.11. The topological polar surface area (TPSA) is 41.1 Å². The molecule has 1 amide bonds. The molecule has 1 aliphatic heterocycles. The second-order valence-corrected chi connectivity index (χ2v) is 5.42. The number of piperidine rings is 1. The second kappa shape index (κ2) is 5.67. The minimum absolute atomic E-state index is 0.211. The van der Waals surface area contributed by atoms with E-state index in [0.29, 0.717) is 12.0 Å². The van der Waals surface area contributed by atoms with Gasteiger partial charge in [0.25, 0.3) is 0 Å². The van der Waals surface area contributed by atoms with Gasteiger partial charge in [-0.3, -0.25) is 4.79 Å². The number of amides is 1. The summed E-state index contributed by atoms with van der Waals surface area (Å²) < 4.78 is 0. The van der Waals surface area contributed by atoms with Crippen LogP contribution < -0.4 is 10.6 Å². The fraction of sp³-hybridized carbons (Fsp3) is 0.923. The fourth-order valence-electron chi connectivity index (χ4n) is 2.91. The highest BCUT2D eigenvalue weighted by atomic mass is 16.2. The monoisotopic (exact) mass is 224 g/mol. The Balaban J connectivity index is 1.80. The third-order valence-corrected chi connectivity index (χ3v) is 4.11. The third kappa shape index (κ3) is 2.97. The molecule has 2 unspecified atom stereocenters. The maximum atomic E-state index is 12.1. The average molecular weight is 224 g/mol. The Kier molecular flexibility index (Phi) is 4.22. The van der Waals surface area contributed by atoms with Crippen LogP contribution in [0.25, 0.3) is 0 Å². The van der Waals surface area contributed by atoms with Gasteiger partial charge in [0.2, 0.25) is 5.91 Å².